The van der Waals surface area contributed by atoms with E-state index in [1.54, 1.807) is 18.7 Å². The van der Waals surface area contributed by atoms with Crippen molar-refractivity contribution in [2.45, 2.75) is 0 Å². The summed E-state index contributed by atoms with van der Waals surface area (Å²) in [6.45, 7) is 0. The van der Waals surface area contributed by atoms with Crippen LogP contribution in [-0.2, 0) is 0 Å². The minimum atomic E-state index is 0.714. The van der Waals surface area contributed by atoms with Gasteiger partial charge in [0.1, 0.15) is 11.8 Å². The van der Waals surface area contributed by atoms with Crippen molar-refractivity contribution >= 4 is 16.8 Å². The molecule has 0 aliphatic rings. The van der Waals surface area contributed by atoms with E-state index in [9.17, 15) is 0 Å². The van der Waals surface area contributed by atoms with Gasteiger partial charge in [-0.05, 0) is 12.1 Å². The van der Waals surface area contributed by atoms with Crippen molar-refractivity contribution in [1.29, 1.82) is 0 Å². The van der Waals surface area contributed by atoms with E-state index in [-0.39, 0.29) is 0 Å². The molecule has 5 nitrogen and oxygen atoms in total. The number of aromatic nitrogens is 5. The Morgan fingerprint density at radius 1 is 1.23 bits per heavy atom. The lowest BCUT2D eigenvalue weighted by molar-refractivity contribution is 1.02. The predicted octanol–water partition coefficient (Wildman–Crippen LogP) is 0.672. The molecule has 0 unspecified atom stereocenters. The molecule has 0 fully saturated rings. The molecule has 0 N–H and O–H groups in total. The zero-order valence-corrected chi connectivity index (χ0v) is 6.62. The van der Waals surface area contributed by atoms with Gasteiger partial charge in [0.05, 0.1) is 6.20 Å². The minimum absolute atomic E-state index is 0.714. The number of hydrogen-bond donors (Lipinski definition) is 0. The molecule has 0 radical (unpaired) electrons. The molecule has 62 valence electrons. The molecular weight excluding hydrogens is 166 g/mol. The van der Waals surface area contributed by atoms with Gasteiger partial charge >= 0.3 is 0 Å². The number of imidazole rings is 1. The van der Waals surface area contributed by atoms with Gasteiger partial charge in [-0.1, -0.05) is 0 Å². The van der Waals surface area contributed by atoms with Crippen molar-refractivity contribution < 1.29 is 0 Å². The van der Waals surface area contributed by atoms with Crippen molar-refractivity contribution in [3.8, 4) is 0 Å². The Labute approximate surface area is 73.1 Å². The van der Waals surface area contributed by atoms with Crippen LogP contribution >= 0.6 is 0 Å². The highest BCUT2D eigenvalue weighted by Gasteiger charge is 2.01. The van der Waals surface area contributed by atoms with E-state index >= 15 is 0 Å². The number of nitrogens with zero attached hydrogens (tertiary/aromatic N) is 5. The maximum atomic E-state index is 4.20. The zero-order valence-electron chi connectivity index (χ0n) is 6.62. The molecule has 3 rings (SSSR count). The van der Waals surface area contributed by atoms with Crippen LogP contribution in [-0.4, -0.2) is 24.6 Å². The molecule has 13 heavy (non-hydrogen) atoms. The fraction of sp³-hybridized carbons (Fsp3) is 0. The summed E-state index contributed by atoms with van der Waals surface area (Å²) in [5.41, 5.74) is 2.27. The topological polar surface area (TPSA) is 56.0 Å². The van der Waals surface area contributed by atoms with Crippen LogP contribution in [0.2, 0.25) is 0 Å². The summed E-state index contributed by atoms with van der Waals surface area (Å²) in [6.07, 6.45) is 5.06. The summed E-state index contributed by atoms with van der Waals surface area (Å²) in [6, 6.07) is 3.70. The maximum Gasteiger partial charge on any atom is 0.180 e. The molecule has 3 aromatic rings. The van der Waals surface area contributed by atoms with E-state index in [0.717, 1.165) is 11.2 Å². The van der Waals surface area contributed by atoms with Gasteiger partial charge in [0.25, 0.3) is 0 Å². The third kappa shape index (κ3) is 0.807. The van der Waals surface area contributed by atoms with Gasteiger partial charge in [0.15, 0.2) is 11.3 Å². The van der Waals surface area contributed by atoms with Crippen molar-refractivity contribution in [2.24, 2.45) is 0 Å². The molecule has 0 amide bonds. The van der Waals surface area contributed by atoms with Gasteiger partial charge < -0.3 is 0 Å². The first kappa shape index (κ1) is 6.47. The van der Waals surface area contributed by atoms with Crippen LogP contribution in [0.1, 0.15) is 0 Å². The smallest absolute Gasteiger partial charge is 0.180 e. The van der Waals surface area contributed by atoms with Gasteiger partial charge in [0.2, 0.25) is 0 Å². The summed E-state index contributed by atoms with van der Waals surface area (Å²) >= 11 is 0. The van der Waals surface area contributed by atoms with Crippen molar-refractivity contribution in [3.05, 3.63) is 30.9 Å². The van der Waals surface area contributed by atoms with Crippen LogP contribution < -0.4 is 0 Å². The lowest BCUT2D eigenvalue weighted by atomic mass is 10.4. The van der Waals surface area contributed by atoms with Crippen LogP contribution in [0.4, 0.5) is 0 Å². The van der Waals surface area contributed by atoms with E-state index in [1.807, 2.05) is 16.5 Å². The average molecular weight is 171 g/mol. The minimum Gasteiger partial charge on any atom is -0.264 e. The molecule has 3 aromatic heterocycles. The maximum absolute atomic E-state index is 4.20. The molecule has 0 aromatic carbocycles. The van der Waals surface area contributed by atoms with Crippen molar-refractivity contribution in [1.82, 2.24) is 24.6 Å². The standard InChI is InChI=1S/C8H5N5/c1-2-6-8(10-3-1)13-5-9-4-7(13)12-11-6/h1-5H. The van der Waals surface area contributed by atoms with Gasteiger partial charge in [-0.15, -0.1) is 10.2 Å². The summed E-state index contributed by atoms with van der Waals surface area (Å²) in [4.78, 5) is 8.17. The normalized spacial score (nSPS) is 11.1. The van der Waals surface area contributed by atoms with Gasteiger partial charge in [-0.25, -0.2) is 9.97 Å². The Morgan fingerprint density at radius 2 is 2.23 bits per heavy atom. The molecule has 0 aliphatic heterocycles. The number of rotatable bonds is 0. The van der Waals surface area contributed by atoms with Crippen molar-refractivity contribution in [3.63, 3.8) is 0 Å². The van der Waals surface area contributed by atoms with Crippen LogP contribution in [0.15, 0.2) is 30.9 Å². The Balaban J connectivity index is 2.65. The largest absolute Gasteiger partial charge is 0.264 e. The van der Waals surface area contributed by atoms with E-state index in [1.165, 1.54) is 0 Å². The highest BCUT2D eigenvalue weighted by Crippen LogP contribution is 2.07. The first-order chi connectivity index (χ1) is 6.45. The number of hydrogen-bond acceptors (Lipinski definition) is 4. The summed E-state index contributed by atoms with van der Waals surface area (Å²) in [5, 5.41) is 7.99. The molecule has 3 heterocycles. The SMILES string of the molecule is c1cnc2c(c1)nnc1cncn12. The van der Waals surface area contributed by atoms with Gasteiger partial charge in [-0.3, -0.25) is 4.40 Å². The fourth-order valence-electron chi connectivity index (χ4n) is 1.28. The summed E-state index contributed by atoms with van der Waals surface area (Å²) in [5.74, 6) is 0. The van der Waals surface area contributed by atoms with E-state index in [4.69, 9.17) is 0 Å². The molecule has 0 bridgehead atoms. The lowest BCUT2D eigenvalue weighted by Gasteiger charge is -1.96. The second-order valence-corrected chi connectivity index (χ2v) is 2.67. The lowest BCUT2D eigenvalue weighted by Crippen LogP contribution is -1.94. The molecule has 0 spiro atoms. The Morgan fingerprint density at radius 3 is 3.23 bits per heavy atom. The third-order valence-corrected chi connectivity index (χ3v) is 1.87. The van der Waals surface area contributed by atoms with E-state index in [2.05, 4.69) is 20.2 Å². The first-order valence-corrected chi connectivity index (χ1v) is 3.84. The first-order valence-electron chi connectivity index (χ1n) is 3.84. The van der Waals surface area contributed by atoms with Crippen LogP contribution in [0, 0.1) is 0 Å². The molecule has 0 saturated heterocycles. The molecule has 0 aliphatic carbocycles. The van der Waals surface area contributed by atoms with Gasteiger partial charge in [0, 0.05) is 6.20 Å². The fourth-order valence-corrected chi connectivity index (χ4v) is 1.28. The van der Waals surface area contributed by atoms with Gasteiger partial charge in [-0.2, -0.15) is 0 Å². The third-order valence-electron chi connectivity index (χ3n) is 1.87. The van der Waals surface area contributed by atoms with Crippen molar-refractivity contribution in [2.75, 3.05) is 0 Å². The van der Waals surface area contributed by atoms with Crippen LogP contribution in [0.3, 0.4) is 0 Å². The summed E-state index contributed by atoms with van der Waals surface area (Å²) < 4.78 is 1.81. The average Bonchev–Trinajstić information content (AvgIpc) is 2.65. The highest BCUT2D eigenvalue weighted by molar-refractivity contribution is 5.71. The van der Waals surface area contributed by atoms with Crippen LogP contribution in [0.25, 0.3) is 16.8 Å². The Kier molecular flexibility index (Phi) is 1.11. The quantitative estimate of drug-likeness (QED) is 0.499. The number of fused-ring (bicyclic) bond motifs is 3. The second kappa shape index (κ2) is 2.22. The molecular formula is C8H5N5. The van der Waals surface area contributed by atoms with Crippen LogP contribution in [0.5, 0.6) is 0 Å². The molecule has 5 heteroatoms. The second-order valence-electron chi connectivity index (χ2n) is 2.67. The molecule has 0 saturated carbocycles. The van der Waals surface area contributed by atoms with E-state index in [0.29, 0.717) is 5.65 Å². The Bertz CT molecular complexity index is 571. The summed E-state index contributed by atoms with van der Waals surface area (Å²) in [7, 11) is 0. The monoisotopic (exact) mass is 171 g/mol. The predicted molar refractivity (Wildman–Crippen MR) is 46.1 cm³/mol. The number of pyridine rings is 1. The Hall–Kier alpha value is -2.04. The zero-order chi connectivity index (χ0) is 8.67. The highest BCUT2D eigenvalue weighted by atomic mass is 15.2. The molecule has 0 atom stereocenters. The van der Waals surface area contributed by atoms with E-state index < -0.39 is 0 Å².